The fraction of sp³-hybridized carbons (Fsp3) is 0.133. The van der Waals surface area contributed by atoms with Crippen molar-refractivity contribution in [2.24, 2.45) is 0 Å². The first-order valence-corrected chi connectivity index (χ1v) is 8.72. The minimum atomic E-state index is -3.60. The van der Waals surface area contributed by atoms with Crippen molar-refractivity contribution in [3.63, 3.8) is 0 Å². The van der Waals surface area contributed by atoms with Gasteiger partial charge in [0.05, 0.1) is 10.6 Å². The Morgan fingerprint density at radius 2 is 1.81 bits per heavy atom. The summed E-state index contributed by atoms with van der Waals surface area (Å²) in [6.07, 6.45) is 1.56. The lowest BCUT2D eigenvalue weighted by atomic mass is 10.2. The van der Waals surface area contributed by atoms with Gasteiger partial charge in [0, 0.05) is 17.3 Å². The molecule has 0 aliphatic rings. The van der Waals surface area contributed by atoms with Crippen molar-refractivity contribution in [2.45, 2.75) is 18.7 Å². The number of nitrogens with zero attached hydrogens (tertiary/aromatic N) is 2. The molecule has 2 heterocycles. The topological polar surface area (TPSA) is 52.0 Å². The zero-order chi connectivity index (χ0) is 15.0. The molecule has 3 rings (SSSR count). The highest BCUT2D eigenvalue weighted by Crippen LogP contribution is 2.27. The Bertz CT molecular complexity index is 875. The van der Waals surface area contributed by atoms with Crippen molar-refractivity contribution in [3.8, 4) is 10.7 Å². The lowest BCUT2D eigenvalue weighted by Crippen LogP contribution is -2.13. The molecule has 0 saturated carbocycles. The molecular weight excluding hydrogens is 304 g/mol. The SMILES string of the molecule is Cc1ccc(S(=O)(=O)n2cccc2-c2nc(C)cs2)cc1. The fourth-order valence-electron chi connectivity index (χ4n) is 2.04. The molecule has 0 aliphatic heterocycles. The van der Waals surface area contributed by atoms with Crippen LogP contribution in [0.3, 0.4) is 0 Å². The first-order chi connectivity index (χ1) is 9.98. The zero-order valence-corrected chi connectivity index (χ0v) is 13.3. The van der Waals surface area contributed by atoms with Gasteiger partial charge in [-0.1, -0.05) is 17.7 Å². The Morgan fingerprint density at radius 1 is 1.10 bits per heavy atom. The average Bonchev–Trinajstić information content (AvgIpc) is 3.07. The molecule has 108 valence electrons. The molecule has 3 aromatic rings. The van der Waals surface area contributed by atoms with Gasteiger partial charge in [0.15, 0.2) is 0 Å². The van der Waals surface area contributed by atoms with Crippen LogP contribution in [0.1, 0.15) is 11.3 Å². The summed E-state index contributed by atoms with van der Waals surface area (Å²) < 4.78 is 26.8. The summed E-state index contributed by atoms with van der Waals surface area (Å²) in [5.41, 5.74) is 2.50. The number of aryl methyl sites for hydroxylation is 2. The molecule has 0 atom stereocenters. The largest absolute Gasteiger partial charge is 0.268 e. The van der Waals surface area contributed by atoms with Gasteiger partial charge in [-0.05, 0) is 38.1 Å². The van der Waals surface area contributed by atoms with Crippen molar-refractivity contribution in [1.29, 1.82) is 0 Å². The van der Waals surface area contributed by atoms with Gasteiger partial charge >= 0.3 is 0 Å². The molecule has 21 heavy (non-hydrogen) atoms. The van der Waals surface area contributed by atoms with Crippen molar-refractivity contribution >= 4 is 21.4 Å². The van der Waals surface area contributed by atoms with E-state index >= 15 is 0 Å². The van der Waals surface area contributed by atoms with E-state index in [1.165, 1.54) is 15.3 Å². The van der Waals surface area contributed by atoms with Crippen LogP contribution in [0.5, 0.6) is 0 Å². The predicted molar refractivity (Wildman–Crippen MR) is 84.0 cm³/mol. The molecule has 4 nitrogen and oxygen atoms in total. The van der Waals surface area contributed by atoms with Gasteiger partial charge in [-0.3, -0.25) is 0 Å². The minimum absolute atomic E-state index is 0.277. The van der Waals surface area contributed by atoms with E-state index < -0.39 is 10.0 Å². The van der Waals surface area contributed by atoms with Crippen LogP contribution >= 0.6 is 11.3 Å². The molecule has 0 spiro atoms. The second kappa shape index (κ2) is 5.13. The van der Waals surface area contributed by atoms with E-state index in [2.05, 4.69) is 4.98 Å². The maximum atomic E-state index is 12.7. The van der Waals surface area contributed by atoms with Crippen LogP contribution in [0, 0.1) is 13.8 Å². The van der Waals surface area contributed by atoms with Crippen LogP contribution in [0.25, 0.3) is 10.7 Å². The normalized spacial score (nSPS) is 11.7. The molecule has 0 saturated heterocycles. The first-order valence-electron chi connectivity index (χ1n) is 6.40. The van der Waals surface area contributed by atoms with Gasteiger partial charge in [-0.25, -0.2) is 17.4 Å². The van der Waals surface area contributed by atoms with Gasteiger partial charge in [0.25, 0.3) is 10.0 Å². The third kappa shape index (κ3) is 2.52. The first kappa shape index (κ1) is 14.0. The smallest absolute Gasteiger partial charge is 0.240 e. The van der Waals surface area contributed by atoms with E-state index in [1.54, 1.807) is 42.6 Å². The van der Waals surface area contributed by atoms with Gasteiger partial charge < -0.3 is 0 Å². The molecule has 6 heteroatoms. The summed E-state index contributed by atoms with van der Waals surface area (Å²) in [7, 11) is -3.60. The minimum Gasteiger partial charge on any atom is -0.240 e. The van der Waals surface area contributed by atoms with Crippen LogP contribution in [-0.2, 0) is 10.0 Å². The van der Waals surface area contributed by atoms with Crippen LogP contribution in [-0.4, -0.2) is 17.4 Å². The third-order valence-electron chi connectivity index (χ3n) is 3.13. The summed E-state index contributed by atoms with van der Waals surface area (Å²) in [5, 5.41) is 2.61. The van der Waals surface area contributed by atoms with E-state index in [0.29, 0.717) is 10.7 Å². The van der Waals surface area contributed by atoms with E-state index in [4.69, 9.17) is 0 Å². The number of aromatic nitrogens is 2. The predicted octanol–water partition coefficient (Wildman–Crippen LogP) is 3.47. The lowest BCUT2D eigenvalue weighted by molar-refractivity contribution is 0.588. The maximum Gasteiger partial charge on any atom is 0.268 e. The molecule has 2 aromatic heterocycles. The van der Waals surface area contributed by atoms with Crippen LogP contribution in [0.2, 0.25) is 0 Å². The summed E-state index contributed by atoms with van der Waals surface area (Å²) in [5.74, 6) is 0. The monoisotopic (exact) mass is 318 g/mol. The molecular formula is C15H14N2O2S2. The van der Waals surface area contributed by atoms with Gasteiger partial charge in [-0.15, -0.1) is 11.3 Å². The van der Waals surface area contributed by atoms with Crippen molar-refractivity contribution < 1.29 is 8.42 Å². The third-order valence-corrected chi connectivity index (χ3v) is 5.82. The number of benzene rings is 1. The molecule has 0 aliphatic carbocycles. The standard InChI is InChI=1S/C15H14N2O2S2/c1-11-5-7-13(8-6-11)21(18,19)17-9-3-4-14(17)15-16-12(2)10-20-15/h3-10H,1-2H3. The van der Waals surface area contributed by atoms with Crippen molar-refractivity contribution in [1.82, 2.24) is 8.96 Å². The average molecular weight is 318 g/mol. The summed E-state index contributed by atoms with van der Waals surface area (Å²) >= 11 is 1.44. The Hall–Kier alpha value is -1.92. The highest BCUT2D eigenvalue weighted by molar-refractivity contribution is 7.90. The summed E-state index contributed by atoms with van der Waals surface area (Å²) in [4.78, 5) is 4.65. The lowest BCUT2D eigenvalue weighted by Gasteiger charge is -2.09. The Morgan fingerprint density at radius 3 is 2.43 bits per heavy atom. The van der Waals surface area contributed by atoms with E-state index in [1.807, 2.05) is 19.2 Å². The van der Waals surface area contributed by atoms with E-state index in [9.17, 15) is 8.42 Å². The zero-order valence-electron chi connectivity index (χ0n) is 11.6. The van der Waals surface area contributed by atoms with Crippen LogP contribution in [0.4, 0.5) is 0 Å². The molecule has 0 N–H and O–H groups in total. The second-order valence-electron chi connectivity index (χ2n) is 4.80. The molecule has 0 unspecified atom stereocenters. The van der Waals surface area contributed by atoms with Gasteiger partial charge in [0.1, 0.15) is 5.01 Å². The van der Waals surface area contributed by atoms with E-state index in [0.717, 1.165) is 11.3 Å². The molecule has 0 radical (unpaired) electrons. The number of hydrogen-bond acceptors (Lipinski definition) is 4. The van der Waals surface area contributed by atoms with Gasteiger partial charge in [0.2, 0.25) is 0 Å². The summed E-state index contributed by atoms with van der Waals surface area (Å²) in [6.45, 7) is 3.82. The van der Waals surface area contributed by atoms with Crippen LogP contribution in [0.15, 0.2) is 52.9 Å². The molecule has 0 fully saturated rings. The maximum absolute atomic E-state index is 12.7. The summed E-state index contributed by atoms with van der Waals surface area (Å²) in [6, 6.07) is 10.3. The second-order valence-corrected chi connectivity index (χ2v) is 7.47. The number of rotatable bonds is 3. The van der Waals surface area contributed by atoms with Crippen LogP contribution < -0.4 is 0 Å². The molecule has 1 aromatic carbocycles. The Labute approximate surface area is 127 Å². The van der Waals surface area contributed by atoms with E-state index in [-0.39, 0.29) is 4.90 Å². The van der Waals surface area contributed by atoms with Gasteiger partial charge in [-0.2, -0.15) is 0 Å². The molecule has 0 bridgehead atoms. The fourth-order valence-corrected chi connectivity index (χ4v) is 4.26. The number of hydrogen-bond donors (Lipinski definition) is 0. The Kier molecular flexibility index (Phi) is 3.43. The Balaban J connectivity index is 2.13. The highest BCUT2D eigenvalue weighted by atomic mass is 32.2. The van der Waals surface area contributed by atoms with Crippen molar-refractivity contribution in [2.75, 3.05) is 0 Å². The highest BCUT2D eigenvalue weighted by Gasteiger charge is 2.21. The molecule has 0 amide bonds. The quantitative estimate of drug-likeness (QED) is 0.743. The van der Waals surface area contributed by atoms with Crippen molar-refractivity contribution in [3.05, 3.63) is 59.2 Å². The number of thiazole rings is 1.